The second-order valence-electron chi connectivity index (χ2n) is 8.82. The Kier molecular flexibility index (Phi) is 4.96. The molecule has 4 atom stereocenters. The molecule has 0 bridgehead atoms. The molecule has 0 unspecified atom stereocenters. The van der Waals surface area contributed by atoms with Crippen LogP contribution in [-0.4, -0.2) is 28.7 Å². The van der Waals surface area contributed by atoms with Crippen molar-refractivity contribution >= 4 is 46.8 Å². The average Bonchev–Trinajstić information content (AvgIpc) is 3.33. The lowest BCUT2D eigenvalue weighted by atomic mass is 9.84. The highest BCUT2D eigenvalue weighted by Crippen LogP contribution is 2.53. The van der Waals surface area contributed by atoms with Gasteiger partial charge in [-0.25, -0.2) is 9.29 Å². The SMILES string of the molecule is O=C(Nc1ccc(Cl)cc1)[C@@H]1[C@@H]2C(=O)N(c3cccc(F)c3)C(=O)[C@@H]2[C@H]2c3ccccc3C=CN12. The summed E-state index contributed by atoms with van der Waals surface area (Å²) in [6.07, 6.45) is 3.67. The number of rotatable bonds is 3. The molecule has 0 spiro atoms. The maximum atomic E-state index is 14.0. The summed E-state index contributed by atoms with van der Waals surface area (Å²) < 4.78 is 14.0. The van der Waals surface area contributed by atoms with Gasteiger partial charge in [0, 0.05) is 16.9 Å². The van der Waals surface area contributed by atoms with Crippen LogP contribution in [0.3, 0.4) is 0 Å². The highest BCUT2D eigenvalue weighted by atomic mass is 35.5. The number of hydrogen-bond donors (Lipinski definition) is 1. The van der Waals surface area contributed by atoms with Crippen LogP contribution in [0.15, 0.2) is 79.0 Å². The molecule has 3 aromatic rings. The van der Waals surface area contributed by atoms with Crippen LogP contribution in [0.2, 0.25) is 5.02 Å². The first-order valence-electron chi connectivity index (χ1n) is 11.2. The van der Waals surface area contributed by atoms with E-state index in [0.717, 1.165) is 22.1 Å². The lowest BCUT2D eigenvalue weighted by Crippen LogP contribution is -2.46. The van der Waals surface area contributed by atoms with E-state index in [1.807, 2.05) is 35.2 Å². The molecule has 174 valence electrons. The Morgan fingerprint density at radius 3 is 2.43 bits per heavy atom. The summed E-state index contributed by atoms with van der Waals surface area (Å²) in [4.78, 5) is 43.9. The monoisotopic (exact) mass is 487 g/mol. The zero-order valence-electron chi connectivity index (χ0n) is 18.3. The summed E-state index contributed by atoms with van der Waals surface area (Å²) in [5, 5.41) is 3.39. The van der Waals surface area contributed by atoms with Crippen LogP contribution in [-0.2, 0) is 14.4 Å². The number of imide groups is 1. The van der Waals surface area contributed by atoms with Gasteiger partial charge in [0.05, 0.1) is 23.6 Å². The predicted molar refractivity (Wildman–Crippen MR) is 130 cm³/mol. The third-order valence-corrected chi connectivity index (χ3v) is 7.16. The number of fused-ring (bicyclic) bond motifs is 5. The number of nitrogens with zero attached hydrogens (tertiary/aromatic N) is 2. The van der Waals surface area contributed by atoms with Gasteiger partial charge in [0.15, 0.2) is 0 Å². The van der Waals surface area contributed by atoms with E-state index in [0.29, 0.717) is 10.7 Å². The van der Waals surface area contributed by atoms with Gasteiger partial charge >= 0.3 is 0 Å². The number of halogens is 2. The van der Waals surface area contributed by atoms with Crippen molar-refractivity contribution < 1.29 is 18.8 Å². The standard InChI is InChI=1S/C27H19ClFN3O3/c28-16-8-10-18(11-9-16)30-25(33)24-22-21(23-20-7-2-1-4-15(20)12-13-31(23)24)26(34)32(27(22)35)19-6-3-5-17(29)14-19/h1-14,21-24H,(H,30,33)/t21-,22+,23+,24-/m0/s1. The van der Waals surface area contributed by atoms with Gasteiger partial charge < -0.3 is 10.2 Å². The molecule has 3 heterocycles. The quantitative estimate of drug-likeness (QED) is 0.547. The van der Waals surface area contributed by atoms with Crippen molar-refractivity contribution in [2.45, 2.75) is 12.1 Å². The summed E-state index contributed by atoms with van der Waals surface area (Å²) in [6, 6.07) is 18.2. The normalized spacial score (nSPS) is 24.3. The van der Waals surface area contributed by atoms with Gasteiger partial charge in [0.2, 0.25) is 17.7 Å². The van der Waals surface area contributed by atoms with Crippen molar-refractivity contribution in [2.24, 2.45) is 11.8 Å². The lowest BCUT2D eigenvalue weighted by Gasteiger charge is -2.35. The average molecular weight is 488 g/mol. The first-order valence-corrected chi connectivity index (χ1v) is 11.6. The number of hydrogen-bond acceptors (Lipinski definition) is 4. The molecule has 2 saturated heterocycles. The molecule has 3 amide bonds. The molecule has 3 aliphatic rings. The molecule has 0 aliphatic carbocycles. The van der Waals surface area contributed by atoms with Crippen LogP contribution in [0.1, 0.15) is 17.2 Å². The maximum absolute atomic E-state index is 14.0. The minimum Gasteiger partial charge on any atom is -0.357 e. The number of carbonyl (C=O) groups is 3. The number of amides is 3. The molecule has 6 rings (SSSR count). The number of nitrogens with one attached hydrogen (secondary N) is 1. The smallest absolute Gasteiger partial charge is 0.247 e. The van der Waals surface area contributed by atoms with Gasteiger partial charge in [-0.1, -0.05) is 41.9 Å². The number of carbonyl (C=O) groups excluding carboxylic acids is 3. The van der Waals surface area contributed by atoms with Crippen molar-refractivity contribution in [1.29, 1.82) is 0 Å². The molecular formula is C27H19ClFN3O3. The Morgan fingerprint density at radius 2 is 1.66 bits per heavy atom. The predicted octanol–water partition coefficient (Wildman–Crippen LogP) is 4.63. The van der Waals surface area contributed by atoms with Gasteiger partial charge in [0.1, 0.15) is 11.9 Å². The van der Waals surface area contributed by atoms with E-state index in [1.165, 1.54) is 18.2 Å². The lowest BCUT2D eigenvalue weighted by molar-refractivity contribution is -0.128. The fraction of sp³-hybridized carbons (Fsp3) is 0.148. The summed E-state index contributed by atoms with van der Waals surface area (Å²) in [6.45, 7) is 0. The molecule has 0 saturated carbocycles. The van der Waals surface area contributed by atoms with E-state index in [-0.39, 0.29) is 5.69 Å². The van der Waals surface area contributed by atoms with Crippen LogP contribution < -0.4 is 10.2 Å². The Morgan fingerprint density at radius 1 is 0.914 bits per heavy atom. The van der Waals surface area contributed by atoms with Crippen LogP contribution in [0.5, 0.6) is 0 Å². The number of benzene rings is 3. The molecule has 2 fully saturated rings. The van der Waals surface area contributed by atoms with Crippen LogP contribution in [0.25, 0.3) is 6.08 Å². The fourth-order valence-electron chi connectivity index (χ4n) is 5.48. The zero-order valence-corrected chi connectivity index (χ0v) is 19.0. The van der Waals surface area contributed by atoms with Crippen molar-refractivity contribution in [3.8, 4) is 0 Å². The van der Waals surface area contributed by atoms with Gasteiger partial charge in [-0.3, -0.25) is 14.4 Å². The first kappa shape index (κ1) is 21.6. The second-order valence-corrected chi connectivity index (χ2v) is 9.26. The molecule has 1 N–H and O–H groups in total. The largest absolute Gasteiger partial charge is 0.357 e. The summed E-state index contributed by atoms with van der Waals surface area (Å²) in [5.41, 5.74) is 2.49. The Bertz CT molecular complexity index is 1410. The van der Waals surface area contributed by atoms with Gasteiger partial charge in [-0.2, -0.15) is 0 Å². The molecule has 3 aliphatic heterocycles. The molecular weight excluding hydrogens is 469 g/mol. The maximum Gasteiger partial charge on any atom is 0.247 e. The van der Waals surface area contributed by atoms with Gasteiger partial charge in [-0.05, 0) is 59.7 Å². The summed E-state index contributed by atoms with van der Waals surface area (Å²) in [5.74, 6) is -3.63. The topological polar surface area (TPSA) is 69.7 Å². The molecule has 8 heteroatoms. The van der Waals surface area contributed by atoms with E-state index in [1.54, 1.807) is 30.5 Å². The number of anilines is 2. The van der Waals surface area contributed by atoms with E-state index in [9.17, 15) is 18.8 Å². The molecule has 35 heavy (non-hydrogen) atoms. The van der Waals surface area contributed by atoms with E-state index in [2.05, 4.69) is 5.32 Å². The third kappa shape index (κ3) is 3.34. The second kappa shape index (κ2) is 8.06. The van der Waals surface area contributed by atoms with Crippen LogP contribution >= 0.6 is 11.6 Å². The molecule has 6 nitrogen and oxygen atoms in total. The van der Waals surface area contributed by atoms with Crippen LogP contribution in [0.4, 0.5) is 15.8 Å². The molecule has 0 aromatic heterocycles. The first-order chi connectivity index (χ1) is 16.9. The molecule has 3 aromatic carbocycles. The van der Waals surface area contributed by atoms with Gasteiger partial charge in [-0.15, -0.1) is 0 Å². The van der Waals surface area contributed by atoms with Crippen molar-refractivity contribution in [3.05, 3.63) is 101 Å². The summed E-state index contributed by atoms with van der Waals surface area (Å²) in [7, 11) is 0. The van der Waals surface area contributed by atoms with E-state index in [4.69, 9.17) is 11.6 Å². The zero-order chi connectivity index (χ0) is 24.3. The highest BCUT2D eigenvalue weighted by molar-refractivity contribution is 6.30. The highest BCUT2D eigenvalue weighted by Gasteiger charge is 2.64. The summed E-state index contributed by atoms with van der Waals surface area (Å²) >= 11 is 5.96. The minimum atomic E-state index is -0.932. The van der Waals surface area contributed by atoms with Gasteiger partial charge in [0.25, 0.3) is 0 Å². The Labute approximate surface area is 205 Å². The fourth-order valence-corrected chi connectivity index (χ4v) is 5.60. The van der Waals surface area contributed by atoms with Crippen molar-refractivity contribution in [1.82, 2.24) is 4.90 Å². The molecule has 0 radical (unpaired) electrons. The Hall–Kier alpha value is -3.97. The minimum absolute atomic E-state index is 0.164. The Balaban J connectivity index is 1.44. The third-order valence-electron chi connectivity index (χ3n) is 6.91. The van der Waals surface area contributed by atoms with Crippen molar-refractivity contribution in [3.63, 3.8) is 0 Å². The van der Waals surface area contributed by atoms with E-state index >= 15 is 0 Å². The van der Waals surface area contributed by atoms with E-state index < -0.39 is 47.5 Å². The van der Waals surface area contributed by atoms with Crippen LogP contribution in [0, 0.1) is 17.7 Å². The van der Waals surface area contributed by atoms with Crippen molar-refractivity contribution in [2.75, 3.05) is 10.2 Å².